The Hall–Kier alpha value is -2.35. The average Bonchev–Trinajstić information content (AvgIpc) is 2.87. The fourth-order valence-electron chi connectivity index (χ4n) is 4.34. The van der Waals surface area contributed by atoms with E-state index in [9.17, 15) is 4.79 Å². The molecule has 0 aliphatic rings. The second-order valence-corrected chi connectivity index (χ2v) is 9.56. The van der Waals surface area contributed by atoms with Gasteiger partial charge in [0.25, 0.3) is 0 Å². The quantitative estimate of drug-likeness (QED) is 0.151. The molecule has 0 aliphatic heterocycles. The van der Waals surface area contributed by atoms with Crippen molar-refractivity contribution in [3.8, 4) is 0 Å². The monoisotopic (exact) mass is 461 g/mol. The van der Waals surface area contributed by atoms with Gasteiger partial charge in [-0.05, 0) is 43.2 Å². The van der Waals surface area contributed by atoms with Crippen molar-refractivity contribution >= 4 is 5.91 Å². The second kappa shape index (κ2) is 19.0. The van der Waals surface area contributed by atoms with Crippen LogP contribution in [-0.4, -0.2) is 10.8 Å². The van der Waals surface area contributed by atoms with E-state index in [1.165, 1.54) is 81.8 Å². The summed E-state index contributed by atoms with van der Waals surface area (Å²) in [5.41, 5.74) is 2.38. The summed E-state index contributed by atoms with van der Waals surface area (Å²) in [6.07, 6.45) is 22.0. The zero-order valence-electron chi connectivity index (χ0n) is 21.6. The minimum atomic E-state index is 0.269. The summed E-state index contributed by atoms with van der Waals surface area (Å²) in [7, 11) is 0. The van der Waals surface area contributed by atoms with E-state index < -0.39 is 0 Å². The number of carbonyl (C=O) groups is 1. The predicted molar refractivity (Wildman–Crippen MR) is 147 cm³/mol. The molecule has 186 valence electrons. The van der Waals surface area contributed by atoms with Crippen LogP contribution in [0.5, 0.6) is 0 Å². The van der Waals surface area contributed by atoms with Gasteiger partial charge in [0.2, 0.25) is 5.91 Å². The Morgan fingerprint density at radius 1 is 0.618 bits per heavy atom. The van der Waals surface area contributed by atoms with E-state index in [1.807, 2.05) is 41.3 Å². The summed E-state index contributed by atoms with van der Waals surface area (Å²) in [5.74, 6) is 0.269. The van der Waals surface area contributed by atoms with Gasteiger partial charge < -0.3 is 4.90 Å². The lowest BCUT2D eigenvalue weighted by Crippen LogP contribution is -2.29. The molecule has 0 heterocycles. The first kappa shape index (κ1) is 27.9. The molecule has 0 spiro atoms. The third-order valence-corrected chi connectivity index (χ3v) is 6.44. The van der Waals surface area contributed by atoms with Crippen molar-refractivity contribution in [2.24, 2.45) is 0 Å². The van der Waals surface area contributed by atoms with Crippen LogP contribution >= 0.6 is 0 Å². The minimum Gasteiger partial charge on any atom is -0.334 e. The number of hydrogen-bond acceptors (Lipinski definition) is 1. The number of amides is 1. The maximum atomic E-state index is 13.0. The molecule has 0 bridgehead atoms. The number of carbonyl (C=O) groups excluding carboxylic acids is 1. The summed E-state index contributed by atoms with van der Waals surface area (Å²) in [4.78, 5) is 15.0. The van der Waals surface area contributed by atoms with Gasteiger partial charge >= 0.3 is 0 Å². The third kappa shape index (κ3) is 13.4. The highest BCUT2D eigenvalue weighted by Crippen LogP contribution is 2.15. The lowest BCUT2D eigenvalue weighted by atomic mass is 10.1. The summed E-state index contributed by atoms with van der Waals surface area (Å²) in [5, 5.41) is 0. The Labute approximate surface area is 209 Å². The van der Waals surface area contributed by atoms with Crippen LogP contribution in [0.25, 0.3) is 0 Å². The Bertz CT molecular complexity index is 727. The highest BCUT2D eigenvalue weighted by Gasteiger charge is 2.14. The second-order valence-electron chi connectivity index (χ2n) is 9.56. The standard InChI is InChI=1S/C32H47NO/c1-2-3-4-5-6-7-8-9-10-11-12-13-14-15-22-27-32(34)33(28-30-23-18-16-19-24-30)29-31-25-20-17-21-26-31/h9-10,16-21,23-26H,2-8,11-15,22,27-29H2,1H3. The van der Waals surface area contributed by atoms with Crippen molar-refractivity contribution in [2.45, 2.75) is 110 Å². The molecule has 2 aromatic rings. The topological polar surface area (TPSA) is 20.3 Å². The van der Waals surface area contributed by atoms with Gasteiger partial charge in [-0.1, -0.05) is 131 Å². The van der Waals surface area contributed by atoms with E-state index >= 15 is 0 Å². The summed E-state index contributed by atoms with van der Waals surface area (Å²) < 4.78 is 0. The smallest absolute Gasteiger partial charge is 0.223 e. The van der Waals surface area contributed by atoms with Crippen molar-refractivity contribution in [2.75, 3.05) is 0 Å². The number of rotatable bonds is 19. The van der Waals surface area contributed by atoms with E-state index in [4.69, 9.17) is 0 Å². The van der Waals surface area contributed by atoms with Crippen molar-refractivity contribution in [3.05, 3.63) is 83.9 Å². The zero-order chi connectivity index (χ0) is 24.1. The molecule has 1 amide bonds. The number of benzene rings is 2. The lowest BCUT2D eigenvalue weighted by molar-refractivity contribution is -0.132. The molecular weight excluding hydrogens is 414 g/mol. The molecule has 2 rings (SSSR count). The molecule has 0 saturated heterocycles. The van der Waals surface area contributed by atoms with Crippen LogP contribution in [-0.2, 0) is 17.9 Å². The Morgan fingerprint density at radius 3 is 1.56 bits per heavy atom. The minimum absolute atomic E-state index is 0.269. The fraction of sp³-hybridized carbons (Fsp3) is 0.531. The molecular formula is C32H47NO. The van der Waals surface area contributed by atoms with Crippen molar-refractivity contribution < 1.29 is 4.79 Å². The van der Waals surface area contributed by atoms with Gasteiger partial charge in [-0.25, -0.2) is 0 Å². The fourth-order valence-corrected chi connectivity index (χ4v) is 4.34. The molecule has 0 aromatic heterocycles. The normalized spacial score (nSPS) is 11.2. The molecule has 0 fully saturated rings. The van der Waals surface area contributed by atoms with E-state index in [0.717, 1.165) is 12.8 Å². The van der Waals surface area contributed by atoms with Gasteiger partial charge in [-0.3, -0.25) is 4.79 Å². The highest BCUT2D eigenvalue weighted by molar-refractivity contribution is 5.76. The van der Waals surface area contributed by atoms with E-state index in [1.54, 1.807) is 0 Å². The SMILES string of the molecule is CCCCCCCCC=CCCCCCCCC(=O)N(Cc1ccccc1)Cc1ccccc1. The van der Waals surface area contributed by atoms with Crippen molar-refractivity contribution in [3.63, 3.8) is 0 Å². The van der Waals surface area contributed by atoms with Crippen LogP contribution in [0.4, 0.5) is 0 Å². The molecule has 0 unspecified atom stereocenters. The first-order valence-corrected chi connectivity index (χ1v) is 13.8. The molecule has 0 saturated carbocycles. The van der Waals surface area contributed by atoms with Gasteiger partial charge in [-0.15, -0.1) is 0 Å². The van der Waals surface area contributed by atoms with Crippen LogP contribution in [0.15, 0.2) is 72.8 Å². The number of hydrogen-bond donors (Lipinski definition) is 0. The summed E-state index contributed by atoms with van der Waals surface area (Å²) in [6.45, 7) is 3.63. The summed E-state index contributed by atoms with van der Waals surface area (Å²) in [6, 6.07) is 20.7. The van der Waals surface area contributed by atoms with Crippen molar-refractivity contribution in [1.82, 2.24) is 4.90 Å². The van der Waals surface area contributed by atoms with Gasteiger partial charge in [0.1, 0.15) is 0 Å². The van der Waals surface area contributed by atoms with Crippen LogP contribution < -0.4 is 0 Å². The van der Waals surface area contributed by atoms with Gasteiger partial charge in [0, 0.05) is 19.5 Å². The molecule has 2 heteroatoms. The third-order valence-electron chi connectivity index (χ3n) is 6.44. The number of allylic oxidation sites excluding steroid dienone is 2. The predicted octanol–water partition coefficient (Wildman–Crippen LogP) is 9.25. The van der Waals surface area contributed by atoms with Crippen LogP contribution in [0, 0.1) is 0 Å². The van der Waals surface area contributed by atoms with Crippen LogP contribution in [0.3, 0.4) is 0 Å². The zero-order valence-corrected chi connectivity index (χ0v) is 21.6. The number of nitrogens with zero attached hydrogens (tertiary/aromatic N) is 1. The van der Waals surface area contributed by atoms with Gasteiger partial charge in [0.05, 0.1) is 0 Å². The molecule has 2 nitrogen and oxygen atoms in total. The number of unbranched alkanes of at least 4 members (excludes halogenated alkanes) is 11. The summed E-state index contributed by atoms with van der Waals surface area (Å²) >= 11 is 0. The largest absolute Gasteiger partial charge is 0.334 e. The Balaban J connectivity index is 1.57. The van der Waals surface area contributed by atoms with Gasteiger partial charge in [-0.2, -0.15) is 0 Å². The molecule has 0 radical (unpaired) electrons. The van der Waals surface area contributed by atoms with Crippen LogP contribution in [0.2, 0.25) is 0 Å². The molecule has 0 aliphatic carbocycles. The lowest BCUT2D eigenvalue weighted by Gasteiger charge is -2.23. The Kier molecular flexibility index (Phi) is 15.6. The molecule has 0 atom stereocenters. The molecule has 34 heavy (non-hydrogen) atoms. The van der Waals surface area contributed by atoms with E-state index in [0.29, 0.717) is 19.5 Å². The van der Waals surface area contributed by atoms with Crippen molar-refractivity contribution in [1.29, 1.82) is 0 Å². The first-order valence-electron chi connectivity index (χ1n) is 13.8. The van der Waals surface area contributed by atoms with Gasteiger partial charge in [0.15, 0.2) is 0 Å². The Morgan fingerprint density at radius 2 is 1.06 bits per heavy atom. The average molecular weight is 462 g/mol. The molecule has 0 N–H and O–H groups in total. The maximum absolute atomic E-state index is 13.0. The van der Waals surface area contributed by atoms with E-state index in [2.05, 4.69) is 43.3 Å². The highest BCUT2D eigenvalue weighted by atomic mass is 16.2. The first-order chi connectivity index (χ1) is 16.8. The molecule has 2 aromatic carbocycles. The van der Waals surface area contributed by atoms with E-state index in [-0.39, 0.29) is 5.91 Å². The van der Waals surface area contributed by atoms with Crippen LogP contribution in [0.1, 0.15) is 108 Å². The maximum Gasteiger partial charge on any atom is 0.223 e.